The molecule has 0 spiro atoms. The van der Waals surface area contributed by atoms with E-state index in [0.717, 1.165) is 6.07 Å². The summed E-state index contributed by atoms with van der Waals surface area (Å²) in [5.74, 6) is -1.18. The molecule has 0 saturated carbocycles. The molecule has 102 valence electrons. The highest BCUT2D eigenvalue weighted by Gasteiger charge is 2.25. The maximum absolute atomic E-state index is 11.7. The summed E-state index contributed by atoms with van der Waals surface area (Å²) in [5, 5.41) is 20.7. The minimum Gasteiger partial charge on any atom is -0.512 e. The van der Waals surface area contributed by atoms with Crippen molar-refractivity contribution >= 4 is 28.8 Å². The lowest BCUT2D eigenvalue weighted by atomic mass is 10.0. The molecule has 0 aliphatic heterocycles. The number of carbonyl (C=O) groups is 1. The van der Waals surface area contributed by atoms with Gasteiger partial charge in [-0.05, 0) is 26.0 Å². The molecule has 0 saturated heterocycles. The van der Waals surface area contributed by atoms with Crippen LogP contribution in [-0.4, -0.2) is 22.6 Å². The van der Waals surface area contributed by atoms with Gasteiger partial charge in [0.05, 0.1) is 17.1 Å². The molecule has 1 N–H and O–H groups in total. The SMILES string of the molecule is CCOC(=O)C(=C(C)O)c1ccc(Cl)cc1[N+](=O)[O-]. The number of esters is 1. The van der Waals surface area contributed by atoms with Crippen molar-refractivity contribution in [2.45, 2.75) is 13.8 Å². The molecule has 1 aromatic carbocycles. The fraction of sp³-hybridized carbons (Fsp3) is 0.250. The van der Waals surface area contributed by atoms with Gasteiger partial charge < -0.3 is 9.84 Å². The fourth-order valence-electron chi connectivity index (χ4n) is 1.52. The van der Waals surface area contributed by atoms with Crippen molar-refractivity contribution in [3.8, 4) is 0 Å². The van der Waals surface area contributed by atoms with Gasteiger partial charge in [0.15, 0.2) is 0 Å². The number of hydrogen-bond acceptors (Lipinski definition) is 5. The van der Waals surface area contributed by atoms with Gasteiger partial charge in [0, 0.05) is 11.1 Å². The summed E-state index contributed by atoms with van der Waals surface area (Å²) < 4.78 is 4.77. The van der Waals surface area contributed by atoms with Gasteiger partial charge in [-0.3, -0.25) is 10.1 Å². The number of allylic oxidation sites excluding steroid dienone is 1. The Labute approximate surface area is 114 Å². The monoisotopic (exact) mass is 285 g/mol. The molecule has 0 amide bonds. The number of rotatable bonds is 4. The number of ether oxygens (including phenoxy) is 1. The summed E-state index contributed by atoms with van der Waals surface area (Å²) in [7, 11) is 0. The second-order valence-electron chi connectivity index (χ2n) is 3.60. The second-order valence-corrected chi connectivity index (χ2v) is 4.04. The van der Waals surface area contributed by atoms with Crippen LogP contribution in [0.5, 0.6) is 0 Å². The topological polar surface area (TPSA) is 89.7 Å². The van der Waals surface area contributed by atoms with Gasteiger partial charge in [-0.2, -0.15) is 0 Å². The van der Waals surface area contributed by atoms with Crippen molar-refractivity contribution in [1.82, 2.24) is 0 Å². The molecule has 0 heterocycles. The molecule has 0 aliphatic carbocycles. The number of aliphatic hydroxyl groups is 1. The van der Waals surface area contributed by atoms with E-state index < -0.39 is 10.9 Å². The predicted octanol–water partition coefficient (Wildman–Crippen LogP) is 3.10. The smallest absolute Gasteiger partial charge is 0.342 e. The minimum absolute atomic E-state index is 0.0344. The normalized spacial score (nSPS) is 11.7. The van der Waals surface area contributed by atoms with Crippen LogP contribution < -0.4 is 0 Å². The highest BCUT2D eigenvalue weighted by atomic mass is 35.5. The van der Waals surface area contributed by atoms with Crippen molar-refractivity contribution in [2.75, 3.05) is 6.61 Å². The first-order valence-electron chi connectivity index (χ1n) is 5.39. The average Bonchev–Trinajstić information content (AvgIpc) is 2.31. The molecular weight excluding hydrogens is 274 g/mol. The molecule has 1 aromatic rings. The molecule has 6 nitrogen and oxygen atoms in total. The maximum Gasteiger partial charge on any atom is 0.342 e. The highest BCUT2D eigenvalue weighted by molar-refractivity contribution is 6.31. The van der Waals surface area contributed by atoms with E-state index in [-0.39, 0.29) is 34.2 Å². The van der Waals surface area contributed by atoms with Crippen LogP contribution in [0.15, 0.2) is 24.0 Å². The Bertz CT molecular complexity index is 549. The number of nitro benzene ring substituents is 1. The van der Waals surface area contributed by atoms with E-state index >= 15 is 0 Å². The molecule has 0 unspecified atom stereocenters. The molecule has 0 atom stereocenters. The fourth-order valence-corrected chi connectivity index (χ4v) is 1.69. The number of halogens is 1. The number of hydrogen-bond donors (Lipinski definition) is 1. The Morgan fingerprint density at radius 3 is 2.63 bits per heavy atom. The summed E-state index contributed by atoms with van der Waals surface area (Å²) in [5.41, 5.74) is -0.651. The highest BCUT2D eigenvalue weighted by Crippen LogP contribution is 2.31. The first-order chi connectivity index (χ1) is 8.88. The lowest BCUT2D eigenvalue weighted by Gasteiger charge is -2.09. The van der Waals surface area contributed by atoms with Gasteiger partial charge in [-0.15, -0.1) is 0 Å². The van der Waals surface area contributed by atoms with Gasteiger partial charge in [-0.25, -0.2) is 4.79 Å². The lowest BCUT2D eigenvalue weighted by molar-refractivity contribution is -0.385. The number of carbonyl (C=O) groups excluding carboxylic acids is 1. The quantitative estimate of drug-likeness (QED) is 0.302. The number of nitro groups is 1. The third-order valence-corrected chi connectivity index (χ3v) is 2.50. The molecule has 0 radical (unpaired) electrons. The first kappa shape index (κ1) is 15.0. The van der Waals surface area contributed by atoms with E-state index in [4.69, 9.17) is 16.3 Å². The molecule has 0 aliphatic rings. The standard InChI is InChI=1S/C12H12ClNO5/c1-3-19-12(16)11(7(2)15)9-5-4-8(13)6-10(9)14(17)18/h4-6,15H,3H2,1-2H3. The molecule has 0 aromatic heterocycles. The van der Waals surface area contributed by atoms with E-state index in [1.54, 1.807) is 6.92 Å². The summed E-state index contributed by atoms with van der Waals surface area (Å²) >= 11 is 5.69. The maximum atomic E-state index is 11.7. The Morgan fingerprint density at radius 2 is 2.16 bits per heavy atom. The van der Waals surface area contributed by atoms with Gasteiger partial charge in [0.1, 0.15) is 11.3 Å². The Hall–Kier alpha value is -2.08. The van der Waals surface area contributed by atoms with Crippen LogP contribution in [0.2, 0.25) is 5.02 Å². The second kappa shape index (κ2) is 6.19. The third kappa shape index (κ3) is 3.45. The van der Waals surface area contributed by atoms with Crippen molar-refractivity contribution < 1.29 is 19.6 Å². The Balaban J connectivity index is 3.45. The van der Waals surface area contributed by atoms with Gasteiger partial charge >= 0.3 is 5.97 Å². The predicted molar refractivity (Wildman–Crippen MR) is 70.0 cm³/mol. The van der Waals surface area contributed by atoms with Crippen molar-refractivity contribution in [3.05, 3.63) is 44.7 Å². The molecule has 0 bridgehead atoms. The zero-order valence-corrected chi connectivity index (χ0v) is 11.1. The zero-order valence-electron chi connectivity index (χ0n) is 10.3. The summed E-state index contributed by atoms with van der Waals surface area (Å²) in [6.45, 7) is 2.94. The minimum atomic E-state index is -0.826. The molecule has 1 rings (SSSR count). The van der Waals surface area contributed by atoms with Crippen LogP contribution in [-0.2, 0) is 9.53 Å². The van der Waals surface area contributed by atoms with E-state index in [2.05, 4.69) is 0 Å². The van der Waals surface area contributed by atoms with Crippen LogP contribution in [0, 0.1) is 10.1 Å². The summed E-state index contributed by atoms with van der Waals surface area (Å²) in [6, 6.07) is 3.80. The van der Waals surface area contributed by atoms with Gasteiger partial charge in [0.25, 0.3) is 5.69 Å². The Kier molecular flexibility index (Phi) is 4.88. The van der Waals surface area contributed by atoms with Crippen LogP contribution in [0.25, 0.3) is 5.57 Å². The lowest BCUT2D eigenvalue weighted by Crippen LogP contribution is -2.10. The van der Waals surface area contributed by atoms with E-state index in [0.29, 0.717) is 0 Å². The van der Waals surface area contributed by atoms with Gasteiger partial charge in [-0.1, -0.05) is 11.6 Å². The van der Waals surface area contributed by atoms with Crippen LogP contribution >= 0.6 is 11.6 Å². The molecule has 19 heavy (non-hydrogen) atoms. The third-order valence-electron chi connectivity index (χ3n) is 2.27. The Morgan fingerprint density at radius 1 is 1.53 bits per heavy atom. The van der Waals surface area contributed by atoms with Crippen molar-refractivity contribution in [3.63, 3.8) is 0 Å². The largest absolute Gasteiger partial charge is 0.512 e. The van der Waals surface area contributed by atoms with E-state index in [9.17, 15) is 20.0 Å². The van der Waals surface area contributed by atoms with E-state index in [1.165, 1.54) is 19.1 Å². The van der Waals surface area contributed by atoms with Crippen LogP contribution in [0.3, 0.4) is 0 Å². The van der Waals surface area contributed by atoms with Crippen LogP contribution in [0.4, 0.5) is 5.69 Å². The van der Waals surface area contributed by atoms with Gasteiger partial charge in [0.2, 0.25) is 0 Å². The van der Waals surface area contributed by atoms with Crippen molar-refractivity contribution in [1.29, 1.82) is 0 Å². The first-order valence-corrected chi connectivity index (χ1v) is 5.77. The summed E-state index contributed by atoms with van der Waals surface area (Å²) in [4.78, 5) is 22.0. The number of aliphatic hydroxyl groups excluding tert-OH is 1. The number of nitrogens with zero attached hydrogens (tertiary/aromatic N) is 1. The molecular formula is C12H12ClNO5. The molecule has 7 heteroatoms. The average molecular weight is 286 g/mol. The number of benzene rings is 1. The van der Waals surface area contributed by atoms with Crippen LogP contribution in [0.1, 0.15) is 19.4 Å². The van der Waals surface area contributed by atoms with Crippen molar-refractivity contribution in [2.24, 2.45) is 0 Å². The zero-order chi connectivity index (χ0) is 14.6. The molecule has 0 fully saturated rings. The summed E-state index contributed by atoms with van der Waals surface area (Å²) in [6.07, 6.45) is 0. The van der Waals surface area contributed by atoms with E-state index in [1.807, 2.05) is 0 Å².